The van der Waals surface area contributed by atoms with E-state index in [0.717, 1.165) is 0 Å². The molecule has 2 atom stereocenters. The van der Waals surface area contributed by atoms with E-state index in [4.69, 9.17) is 0 Å². The molecule has 2 aliphatic rings. The number of ketones is 1. The molecule has 0 bridgehead atoms. The van der Waals surface area contributed by atoms with Gasteiger partial charge >= 0.3 is 12.4 Å². The second kappa shape index (κ2) is 2.20. The molecule has 2 unspecified atom stereocenters. The minimum Gasteiger partial charge on any atom is -0.416 e. The van der Waals surface area contributed by atoms with Crippen LogP contribution in [-0.4, -0.2) is 30.0 Å². The molecular weight excluding hydrogens is 166 g/mol. The van der Waals surface area contributed by atoms with Crippen LogP contribution in [0.1, 0.15) is 6.92 Å². The second-order valence-electron chi connectivity index (χ2n) is 2.41. The number of oxime groups is 1. The van der Waals surface area contributed by atoms with Crippen molar-refractivity contribution < 1.29 is 23.9 Å². The lowest BCUT2D eigenvalue weighted by Gasteiger charge is -2.00. The topological polar surface area (TPSA) is 74.2 Å². The summed E-state index contributed by atoms with van der Waals surface area (Å²) >= 11 is 0. The first-order valence-electron chi connectivity index (χ1n) is 3.30. The van der Waals surface area contributed by atoms with Crippen LogP contribution in [0.4, 0.5) is 4.79 Å². The first-order valence-corrected chi connectivity index (χ1v) is 3.30. The van der Waals surface area contributed by atoms with Crippen molar-refractivity contribution in [3.05, 3.63) is 0 Å². The van der Waals surface area contributed by atoms with E-state index in [0.29, 0.717) is 0 Å². The number of rotatable bonds is 1. The molecule has 6 nitrogen and oxygen atoms in total. The normalized spacial score (nSPS) is 31.4. The monoisotopic (exact) mass is 171 g/mol. The molecular formula is C6H5NO5. The van der Waals surface area contributed by atoms with E-state index < -0.39 is 18.5 Å². The molecule has 2 aliphatic heterocycles. The van der Waals surface area contributed by atoms with Crippen LogP contribution in [0, 0.1) is 0 Å². The van der Waals surface area contributed by atoms with Crippen LogP contribution in [-0.2, 0) is 19.1 Å². The molecule has 0 saturated carbocycles. The molecule has 1 fully saturated rings. The Morgan fingerprint density at radius 1 is 1.50 bits per heavy atom. The number of Topliss-reactive ketones (excluding diaryl/α,β-unsaturated/α-hetero) is 1. The quantitative estimate of drug-likeness (QED) is 0.511. The minimum absolute atomic E-state index is 0.0888. The zero-order valence-electron chi connectivity index (χ0n) is 6.14. The number of hydrogen-bond acceptors (Lipinski definition) is 6. The van der Waals surface area contributed by atoms with Crippen molar-refractivity contribution in [3.8, 4) is 0 Å². The Balaban J connectivity index is 2.21. The van der Waals surface area contributed by atoms with Crippen molar-refractivity contribution in [1.29, 1.82) is 0 Å². The van der Waals surface area contributed by atoms with Crippen molar-refractivity contribution >= 4 is 17.7 Å². The van der Waals surface area contributed by atoms with Crippen LogP contribution in [0.15, 0.2) is 5.16 Å². The summed E-state index contributed by atoms with van der Waals surface area (Å²) in [6.45, 7) is 1.32. The van der Waals surface area contributed by atoms with Crippen molar-refractivity contribution in [2.75, 3.05) is 0 Å². The van der Waals surface area contributed by atoms with Gasteiger partial charge in [-0.25, -0.2) is 4.79 Å². The van der Waals surface area contributed by atoms with Gasteiger partial charge in [0, 0.05) is 6.92 Å². The maximum absolute atomic E-state index is 10.8. The van der Waals surface area contributed by atoms with Gasteiger partial charge < -0.3 is 14.3 Å². The van der Waals surface area contributed by atoms with Gasteiger partial charge in [0.15, 0.2) is 11.5 Å². The summed E-state index contributed by atoms with van der Waals surface area (Å²) in [6, 6.07) is 0. The molecule has 0 N–H and O–H groups in total. The average Bonchev–Trinajstić information content (AvgIpc) is 2.43. The smallest absolute Gasteiger partial charge is 0.416 e. The Morgan fingerprint density at radius 2 is 2.25 bits per heavy atom. The van der Waals surface area contributed by atoms with Crippen LogP contribution >= 0.6 is 0 Å². The largest absolute Gasteiger partial charge is 0.512 e. The highest BCUT2D eigenvalue weighted by Crippen LogP contribution is 2.23. The molecule has 1 saturated heterocycles. The molecule has 12 heavy (non-hydrogen) atoms. The third-order valence-electron chi connectivity index (χ3n) is 1.57. The van der Waals surface area contributed by atoms with E-state index in [1.165, 1.54) is 6.92 Å². The van der Waals surface area contributed by atoms with E-state index in [1.807, 2.05) is 0 Å². The van der Waals surface area contributed by atoms with Crippen molar-refractivity contribution in [2.24, 2.45) is 5.16 Å². The van der Waals surface area contributed by atoms with E-state index in [1.54, 1.807) is 0 Å². The fourth-order valence-electron chi connectivity index (χ4n) is 1.03. The summed E-state index contributed by atoms with van der Waals surface area (Å²) in [5.74, 6) is -0.291. The summed E-state index contributed by atoms with van der Waals surface area (Å²) < 4.78 is 9.14. The SMILES string of the molecule is CC(=O)C1=NOC2OC(=O)OC12. The molecule has 0 amide bonds. The van der Waals surface area contributed by atoms with Crippen LogP contribution in [0.3, 0.4) is 0 Å². The van der Waals surface area contributed by atoms with Gasteiger partial charge in [0.1, 0.15) is 0 Å². The Bertz CT molecular complexity index is 284. The average molecular weight is 171 g/mol. The van der Waals surface area contributed by atoms with Crippen molar-refractivity contribution in [3.63, 3.8) is 0 Å². The van der Waals surface area contributed by atoms with Gasteiger partial charge in [0.2, 0.25) is 6.10 Å². The number of hydrogen-bond donors (Lipinski definition) is 0. The van der Waals surface area contributed by atoms with Gasteiger partial charge in [-0.05, 0) is 0 Å². The highest BCUT2D eigenvalue weighted by Gasteiger charge is 2.48. The molecule has 0 aromatic heterocycles. The van der Waals surface area contributed by atoms with Crippen LogP contribution < -0.4 is 0 Å². The molecule has 0 aliphatic carbocycles. The van der Waals surface area contributed by atoms with Crippen molar-refractivity contribution in [2.45, 2.75) is 19.3 Å². The Labute approximate surface area is 67.1 Å². The third kappa shape index (κ3) is 0.843. The highest BCUT2D eigenvalue weighted by molar-refractivity contribution is 6.41. The summed E-state index contributed by atoms with van der Waals surface area (Å²) in [6.07, 6.45) is -2.50. The van der Waals surface area contributed by atoms with Gasteiger partial charge in [-0.1, -0.05) is 5.16 Å². The number of fused-ring (bicyclic) bond motifs is 1. The van der Waals surface area contributed by atoms with Gasteiger partial charge in [0.25, 0.3) is 0 Å². The third-order valence-corrected chi connectivity index (χ3v) is 1.57. The number of ether oxygens (including phenoxy) is 2. The van der Waals surface area contributed by atoms with Crippen LogP contribution in [0.2, 0.25) is 0 Å². The fourth-order valence-corrected chi connectivity index (χ4v) is 1.03. The molecule has 0 radical (unpaired) electrons. The second-order valence-corrected chi connectivity index (χ2v) is 2.41. The van der Waals surface area contributed by atoms with Gasteiger partial charge in [-0.3, -0.25) is 4.79 Å². The van der Waals surface area contributed by atoms with Crippen LogP contribution in [0.25, 0.3) is 0 Å². The van der Waals surface area contributed by atoms with E-state index in [2.05, 4.69) is 19.5 Å². The van der Waals surface area contributed by atoms with Gasteiger partial charge in [-0.2, -0.15) is 0 Å². The summed E-state index contributed by atoms with van der Waals surface area (Å²) in [5.41, 5.74) is 0.0888. The Kier molecular flexibility index (Phi) is 1.30. The summed E-state index contributed by atoms with van der Waals surface area (Å²) in [7, 11) is 0. The lowest BCUT2D eigenvalue weighted by molar-refractivity contribution is -0.111. The standard InChI is InChI=1S/C6H5NO5/c1-2(8)3-4-5(12-7-3)11-6(9)10-4/h4-5H,1H3. The molecule has 2 rings (SSSR count). The predicted molar refractivity (Wildman–Crippen MR) is 34.3 cm³/mol. The molecule has 6 heteroatoms. The highest BCUT2D eigenvalue weighted by atomic mass is 16.9. The maximum Gasteiger partial charge on any atom is 0.512 e. The Morgan fingerprint density at radius 3 is 2.92 bits per heavy atom. The first kappa shape index (κ1) is 7.08. The van der Waals surface area contributed by atoms with Crippen LogP contribution in [0.5, 0.6) is 0 Å². The van der Waals surface area contributed by atoms with E-state index >= 15 is 0 Å². The number of nitrogens with zero attached hydrogens (tertiary/aromatic N) is 1. The number of carbonyl (C=O) groups is 2. The molecule has 0 aromatic carbocycles. The summed E-state index contributed by atoms with van der Waals surface area (Å²) in [4.78, 5) is 26.0. The van der Waals surface area contributed by atoms with E-state index in [-0.39, 0.29) is 11.5 Å². The van der Waals surface area contributed by atoms with Gasteiger partial charge in [0.05, 0.1) is 0 Å². The zero-order valence-corrected chi connectivity index (χ0v) is 6.14. The Hall–Kier alpha value is -1.59. The van der Waals surface area contributed by atoms with Crippen molar-refractivity contribution in [1.82, 2.24) is 0 Å². The number of carbonyl (C=O) groups excluding carboxylic acids is 2. The van der Waals surface area contributed by atoms with Gasteiger partial charge in [-0.15, -0.1) is 0 Å². The minimum atomic E-state index is -0.878. The lowest BCUT2D eigenvalue weighted by Crippen LogP contribution is -2.30. The first-order chi connectivity index (χ1) is 5.68. The van der Waals surface area contributed by atoms with E-state index in [9.17, 15) is 9.59 Å². The predicted octanol–water partition coefficient (Wildman–Crippen LogP) is -0.177. The fraction of sp³-hybridized carbons (Fsp3) is 0.500. The molecule has 0 aromatic rings. The maximum atomic E-state index is 10.8. The molecule has 64 valence electrons. The zero-order chi connectivity index (χ0) is 8.72. The summed E-state index contributed by atoms with van der Waals surface area (Å²) in [5, 5.41) is 3.42. The molecule has 2 heterocycles. The lowest BCUT2D eigenvalue weighted by atomic mass is 10.1. The molecule has 0 spiro atoms.